The predicted octanol–water partition coefficient (Wildman–Crippen LogP) is 3.22. The lowest BCUT2D eigenvalue weighted by Crippen LogP contribution is -2.21. The van der Waals surface area contributed by atoms with E-state index in [2.05, 4.69) is 13.8 Å². The normalized spacial score (nSPS) is 53.4. The summed E-state index contributed by atoms with van der Waals surface area (Å²) in [7, 11) is 0. The van der Waals surface area contributed by atoms with Crippen molar-refractivity contribution in [2.75, 3.05) is 0 Å². The molecule has 0 aromatic heterocycles. The molecule has 0 nitrogen and oxygen atoms in total. The summed E-state index contributed by atoms with van der Waals surface area (Å²) < 4.78 is 0. The van der Waals surface area contributed by atoms with Gasteiger partial charge in [-0.25, -0.2) is 0 Å². The van der Waals surface area contributed by atoms with Crippen LogP contribution in [0.4, 0.5) is 0 Å². The predicted molar refractivity (Wildman–Crippen MR) is 43.8 cm³/mol. The van der Waals surface area contributed by atoms with Gasteiger partial charge in [0.2, 0.25) is 0 Å². The Hall–Kier alpha value is 0. The van der Waals surface area contributed by atoms with Gasteiger partial charge in [0.25, 0.3) is 0 Å². The van der Waals surface area contributed by atoms with E-state index in [4.69, 9.17) is 0 Å². The van der Waals surface area contributed by atoms with Crippen molar-refractivity contribution in [3.63, 3.8) is 0 Å². The molecule has 0 aromatic carbocycles. The van der Waals surface area contributed by atoms with Crippen LogP contribution in [0.2, 0.25) is 0 Å². The van der Waals surface area contributed by atoms with Crippen LogP contribution in [0.5, 0.6) is 0 Å². The maximum Gasteiger partial charge on any atom is -0.0297 e. The summed E-state index contributed by atoms with van der Waals surface area (Å²) in [6.45, 7) is 4.95. The highest BCUT2D eigenvalue weighted by atomic mass is 14.5. The van der Waals surface area contributed by atoms with Crippen LogP contribution in [0.15, 0.2) is 0 Å². The maximum absolute atomic E-state index is 2.50. The Morgan fingerprint density at radius 1 is 1.40 bits per heavy atom. The first kappa shape index (κ1) is 6.69. The molecule has 2 bridgehead atoms. The van der Waals surface area contributed by atoms with E-state index in [0.29, 0.717) is 0 Å². The molecule has 2 saturated carbocycles. The summed E-state index contributed by atoms with van der Waals surface area (Å²) in [5.41, 5.74) is 0.753. The summed E-state index contributed by atoms with van der Waals surface area (Å²) in [4.78, 5) is 0. The molecule has 10 heavy (non-hydrogen) atoms. The summed E-state index contributed by atoms with van der Waals surface area (Å²) >= 11 is 0. The van der Waals surface area contributed by atoms with Crippen LogP contribution in [-0.2, 0) is 0 Å². The molecule has 0 aliphatic heterocycles. The fraction of sp³-hybridized carbons (Fsp3) is 1.00. The summed E-state index contributed by atoms with van der Waals surface area (Å²) in [6, 6.07) is 0. The van der Waals surface area contributed by atoms with Crippen LogP contribution in [-0.4, -0.2) is 0 Å². The Balaban J connectivity index is 2.18. The highest BCUT2D eigenvalue weighted by Crippen LogP contribution is 2.54. The van der Waals surface area contributed by atoms with E-state index in [0.717, 1.165) is 17.3 Å². The molecule has 0 amide bonds. The first-order valence-electron chi connectivity index (χ1n) is 4.71. The van der Waals surface area contributed by atoms with Crippen LogP contribution >= 0.6 is 0 Å². The second-order valence-electron chi connectivity index (χ2n) is 4.75. The summed E-state index contributed by atoms with van der Waals surface area (Å²) in [6.07, 6.45) is 7.60. The Morgan fingerprint density at radius 2 is 2.20 bits per heavy atom. The lowest BCUT2D eigenvalue weighted by molar-refractivity contribution is 0.192. The average molecular weight is 138 g/mol. The van der Waals surface area contributed by atoms with Crippen LogP contribution in [0.3, 0.4) is 0 Å². The molecule has 0 heteroatoms. The van der Waals surface area contributed by atoms with Crippen molar-refractivity contribution in [1.29, 1.82) is 0 Å². The standard InChI is InChI=1S/C10H18/c1-8-6-9-4-3-5-10(8,2)7-9/h8-9H,3-7H2,1-2H3. The van der Waals surface area contributed by atoms with Crippen molar-refractivity contribution in [2.24, 2.45) is 17.3 Å². The zero-order valence-electron chi connectivity index (χ0n) is 7.19. The molecule has 58 valence electrons. The molecule has 3 unspecified atom stereocenters. The first-order chi connectivity index (χ1) is 4.71. The van der Waals surface area contributed by atoms with Gasteiger partial charge in [-0.15, -0.1) is 0 Å². The minimum atomic E-state index is 0.753. The molecular formula is C10H18. The van der Waals surface area contributed by atoms with Gasteiger partial charge in [-0.1, -0.05) is 26.7 Å². The number of hydrogen-bond acceptors (Lipinski definition) is 0. The van der Waals surface area contributed by atoms with Crippen molar-refractivity contribution in [3.05, 3.63) is 0 Å². The monoisotopic (exact) mass is 138 g/mol. The highest BCUT2D eigenvalue weighted by molar-refractivity contribution is 4.93. The molecule has 0 spiro atoms. The van der Waals surface area contributed by atoms with Gasteiger partial charge >= 0.3 is 0 Å². The quantitative estimate of drug-likeness (QED) is 0.482. The Bertz CT molecular complexity index is 139. The van der Waals surface area contributed by atoms with E-state index in [1.54, 1.807) is 0 Å². The van der Waals surface area contributed by atoms with Gasteiger partial charge in [-0.3, -0.25) is 0 Å². The van der Waals surface area contributed by atoms with Gasteiger partial charge < -0.3 is 0 Å². The second-order valence-corrected chi connectivity index (χ2v) is 4.75. The Labute approximate surface area is 64.0 Å². The highest BCUT2D eigenvalue weighted by Gasteiger charge is 2.43. The van der Waals surface area contributed by atoms with E-state index in [1.807, 2.05) is 0 Å². The molecule has 0 heterocycles. The minimum absolute atomic E-state index is 0.753. The SMILES string of the molecule is CC1CC2CCCC1(C)C2. The first-order valence-corrected chi connectivity index (χ1v) is 4.71. The molecule has 2 aliphatic carbocycles. The van der Waals surface area contributed by atoms with Crippen molar-refractivity contribution in [3.8, 4) is 0 Å². The van der Waals surface area contributed by atoms with Crippen LogP contribution in [0, 0.1) is 17.3 Å². The summed E-state index contributed by atoms with van der Waals surface area (Å²) in [5.74, 6) is 2.12. The van der Waals surface area contributed by atoms with Gasteiger partial charge in [0.1, 0.15) is 0 Å². The maximum atomic E-state index is 2.50. The lowest BCUT2D eigenvalue weighted by Gasteiger charge is -2.31. The molecule has 0 aromatic rings. The number of rotatable bonds is 0. The zero-order valence-corrected chi connectivity index (χ0v) is 7.19. The van der Waals surface area contributed by atoms with Gasteiger partial charge in [0.15, 0.2) is 0 Å². The molecule has 0 radical (unpaired) electrons. The second kappa shape index (κ2) is 1.99. The Morgan fingerprint density at radius 3 is 2.80 bits per heavy atom. The van der Waals surface area contributed by atoms with E-state index in [1.165, 1.54) is 32.1 Å². The third kappa shape index (κ3) is 0.810. The average Bonchev–Trinajstić information content (AvgIpc) is 2.04. The van der Waals surface area contributed by atoms with E-state index < -0.39 is 0 Å². The van der Waals surface area contributed by atoms with Gasteiger partial charge in [-0.2, -0.15) is 0 Å². The van der Waals surface area contributed by atoms with Crippen LogP contribution in [0.25, 0.3) is 0 Å². The minimum Gasteiger partial charge on any atom is -0.0620 e. The molecule has 3 atom stereocenters. The van der Waals surface area contributed by atoms with E-state index >= 15 is 0 Å². The molecule has 2 aliphatic rings. The van der Waals surface area contributed by atoms with Crippen molar-refractivity contribution < 1.29 is 0 Å². The number of hydrogen-bond donors (Lipinski definition) is 0. The van der Waals surface area contributed by atoms with Gasteiger partial charge in [-0.05, 0) is 36.5 Å². The number of fused-ring (bicyclic) bond motifs is 2. The van der Waals surface area contributed by atoms with Crippen LogP contribution in [0.1, 0.15) is 46.0 Å². The van der Waals surface area contributed by atoms with Crippen molar-refractivity contribution in [2.45, 2.75) is 46.0 Å². The topological polar surface area (TPSA) is 0 Å². The third-order valence-electron chi connectivity index (χ3n) is 3.99. The Kier molecular flexibility index (Phi) is 1.33. The molecule has 0 saturated heterocycles. The largest absolute Gasteiger partial charge is 0.0620 e. The van der Waals surface area contributed by atoms with Gasteiger partial charge in [0, 0.05) is 0 Å². The summed E-state index contributed by atoms with van der Waals surface area (Å²) in [5, 5.41) is 0. The van der Waals surface area contributed by atoms with Crippen molar-refractivity contribution >= 4 is 0 Å². The fourth-order valence-electron chi connectivity index (χ4n) is 3.09. The van der Waals surface area contributed by atoms with Crippen molar-refractivity contribution in [1.82, 2.24) is 0 Å². The van der Waals surface area contributed by atoms with Gasteiger partial charge in [0.05, 0.1) is 0 Å². The lowest BCUT2D eigenvalue weighted by atomic mass is 9.74. The fourth-order valence-corrected chi connectivity index (χ4v) is 3.09. The smallest absolute Gasteiger partial charge is 0.0297 e. The van der Waals surface area contributed by atoms with E-state index in [-0.39, 0.29) is 0 Å². The molecule has 2 fully saturated rings. The zero-order chi connectivity index (χ0) is 7.19. The third-order valence-corrected chi connectivity index (χ3v) is 3.99. The molecule has 0 N–H and O–H groups in total. The molecular weight excluding hydrogens is 120 g/mol. The van der Waals surface area contributed by atoms with Crippen LogP contribution < -0.4 is 0 Å². The van der Waals surface area contributed by atoms with E-state index in [9.17, 15) is 0 Å². The molecule has 2 rings (SSSR count).